The van der Waals surface area contributed by atoms with Gasteiger partial charge in [-0.2, -0.15) is 0 Å². The van der Waals surface area contributed by atoms with Crippen molar-refractivity contribution in [1.82, 2.24) is 0 Å². The standard InChI is InChI=1S/C13H12ClN/c14-12-8-6-11(7-9-12)13(15)10-4-2-1-3-5-10/h1-9,13H,15H2/t13-/m0/s1. The van der Waals surface area contributed by atoms with Crippen molar-refractivity contribution in [3.05, 3.63) is 70.7 Å². The van der Waals surface area contributed by atoms with E-state index in [1.54, 1.807) is 0 Å². The van der Waals surface area contributed by atoms with Gasteiger partial charge in [-0.05, 0) is 23.3 Å². The van der Waals surface area contributed by atoms with Crippen LogP contribution in [-0.4, -0.2) is 0 Å². The van der Waals surface area contributed by atoms with Crippen molar-refractivity contribution in [2.24, 2.45) is 5.73 Å². The first-order chi connectivity index (χ1) is 7.27. The van der Waals surface area contributed by atoms with Gasteiger partial charge in [0.15, 0.2) is 0 Å². The van der Waals surface area contributed by atoms with Crippen molar-refractivity contribution in [1.29, 1.82) is 0 Å². The van der Waals surface area contributed by atoms with E-state index in [9.17, 15) is 0 Å². The molecule has 2 rings (SSSR count). The topological polar surface area (TPSA) is 26.0 Å². The van der Waals surface area contributed by atoms with Gasteiger partial charge in [0, 0.05) is 5.02 Å². The maximum atomic E-state index is 6.12. The predicted octanol–water partition coefficient (Wildman–Crippen LogP) is 3.39. The van der Waals surface area contributed by atoms with E-state index in [0.29, 0.717) is 0 Å². The molecule has 0 saturated carbocycles. The van der Waals surface area contributed by atoms with Crippen LogP contribution < -0.4 is 5.73 Å². The fraction of sp³-hybridized carbons (Fsp3) is 0.0769. The summed E-state index contributed by atoms with van der Waals surface area (Å²) in [5.74, 6) is 0. The van der Waals surface area contributed by atoms with E-state index in [1.807, 2.05) is 54.6 Å². The van der Waals surface area contributed by atoms with Crippen molar-refractivity contribution in [3.8, 4) is 0 Å². The number of benzene rings is 2. The fourth-order valence-electron chi connectivity index (χ4n) is 1.52. The van der Waals surface area contributed by atoms with Gasteiger partial charge in [0.2, 0.25) is 0 Å². The number of rotatable bonds is 2. The Morgan fingerprint density at radius 1 is 0.800 bits per heavy atom. The zero-order valence-corrected chi connectivity index (χ0v) is 8.98. The molecule has 2 aromatic rings. The molecular weight excluding hydrogens is 206 g/mol. The average molecular weight is 218 g/mol. The van der Waals surface area contributed by atoms with Crippen molar-refractivity contribution in [3.63, 3.8) is 0 Å². The minimum Gasteiger partial charge on any atom is -0.320 e. The minimum absolute atomic E-state index is 0.0801. The fourth-order valence-corrected chi connectivity index (χ4v) is 1.65. The Bertz CT molecular complexity index is 422. The lowest BCUT2D eigenvalue weighted by Gasteiger charge is -2.12. The molecule has 0 aliphatic heterocycles. The first kappa shape index (κ1) is 10.2. The van der Waals surface area contributed by atoms with Crippen LogP contribution in [0.4, 0.5) is 0 Å². The summed E-state index contributed by atoms with van der Waals surface area (Å²) in [6.45, 7) is 0. The molecule has 2 aromatic carbocycles. The average Bonchev–Trinajstić information content (AvgIpc) is 2.30. The molecule has 76 valence electrons. The number of hydrogen-bond donors (Lipinski definition) is 1. The zero-order chi connectivity index (χ0) is 10.7. The monoisotopic (exact) mass is 217 g/mol. The molecule has 0 radical (unpaired) electrons. The Morgan fingerprint density at radius 2 is 1.33 bits per heavy atom. The van der Waals surface area contributed by atoms with Crippen LogP contribution in [0, 0.1) is 0 Å². The second-order valence-corrected chi connectivity index (χ2v) is 3.88. The second kappa shape index (κ2) is 4.47. The third-order valence-electron chi connectivity index (χ3n) is 2.39. The predicted molar refractivity (Wildman–Crippen MR) is 63.9 cm³/mol. The van der Waals surface area contributed by atoms with Gasteiger partial charge in [0.05, 0.1) is 6.04 Å². The van der Waals surface area contributed by atoms with E-state index in [4.69, 9.17) is 17.3 Å². The molecule has 0 aromatic heterocycles. The van der Waals surface area contributed by atoms with Gasteiger partial charge in [-0.25, -0.2) is 0 Å². The number of halogens is 1. The smallest absolute Gasteiger partial charge is 0.0551 e. The SMILES string of the molecule is N[C@@H](c1ccccc1)c1ccc(Cl)cc1. The Morgan fingerprint density at radius 3 is 1.93 bits per heavy atom. The van der Waals surface area contributed by atoms with Crippen molar-refractivity contribution >= 4 is 11.6 Å². The van der Waals surface area contributed by atoms with Crippen molar-refractivity contribution in [2.75, 3.05) is 0 Å². The highest BCUT2D eigenvalue weighted by atomic mass is 35.5. The molecule has 0 bridgehead atoms. The minimum atomic E-state index is -0.0801. The van der Waals surface area contributed by atoms with Crippen LogP contribution in [0.2, 0.25) is 5.02 Å². The molecular formula is C13H12ClN. The number of hydrogen-bond acceptors (Lipinski definition) is 1. The van der Waals surface area contributed by atoms with Gasteiger partial charge >= 0.3 is 0 Å². The van der Waals surface area contributed by atoms with Crippen molar-refractivity contribution < 1.29 is 0 Å². The second-order valence-electron chi connectivity index (χ2n) is 3.44. The number of nitrogens with two attached hydrogens (primary N) is 1. The highest BCUT2D eigenvalue weighted by Gasteiger charge is 2.07. The Labute approximate surface area is 94.5 Å². The summed E-state index contributed by atoms with van der Waals surface area (Å²) < 4.78 is 0. The van der Waals surface area contributed by atoms with Gasteiger partial charge in [-0.1, -0.05) is 54.1 Å². The largest absolute Gasteiger partial charge is 0.320 e. The lowest BCUT2D eigenvalue weighted by Crippen LogP contribution is -2.11. The van der Waals surface area contributed by atoms with Crippen molar-refractivity contribution in [2.45, 2.75) is 6.04 Å². The summed E-state index contributed by atoms with van der Waals surface area (Å²) in [6, 6.07) is 17.6. The third-order valence-corrected chi connectivity index (χ3v) is 2.64. The summed E-state index contributed by atoms with van der Waals surface area (Å²) >= 11 is 5.82. The van der Waals surface area contributed by atoms with Crippen LogP contribution in [0.1, 0.15) is 17.2 Å². The Kier molecular flexibility index (Phi) is 3.05. The van der Waals surface area contributed by atoms with Gasteiger partial charge in [-0.15, -0.1) is 0 Å². The normalized spacial score (nSPS) is 12.4. The summed E-state index contributed by atoms with van der Waals surface area (Å²) in [6.07, 6.45) is 0. The zero-order valence-electron chi connectivity index (χ0n) is 8.23. The Balaban J connectivity index is 2.29. The van der Waals surface area contributed by atoms with E-state index in [-0.39, 0.29) is 6.04 Å². The lowest BCUT2D eigenvalue weighted by molar-refractivity contribution is 0.871. The third kappa shape index (κ3) is 2.38. The summed E-state index contributed by atoms with van der Waals surface area (Å²) in [5, 5.41) is 0.735. The van der Waals surface area contributed by atoms with Gasteiger partial charge in [0.25, 0.3) is 0 Å². The maximum Gasteiger partial charge on any atom is 0.0551 e. The molecule has 0 aliphatic carbocycles. The molecule has 15 heavy (non-hydrogen) atoms. The molecule has 0 aliphatic rings. The molecule has 0 amide bonds. The van der Waals surface area contributed by atoms with Crippen LogP contribution in [0.25, 0.3) is 0 Å². The van der Waals surface area contributed by atoms with Crippen LogP contribution in [-0.2, 0) is 0 Å². The summed E-state index contributed by atoms with van der Waals surface area (Å²) in [4.78, 5) is 0. The van der Waals surface area contributed by atoms with E-state index >= 15 is 0 Å². The molecule has 0 saturated heterocycles. The highest BCUT2D eigenvalue weighted by Crippen LogP contribution is 2.20. The first-order valence-electron chi connectivity index (χ1n) is 4.83. The molecule has 0 heterocycles. The van der Waals surface area contributed by atoms with Gasteiger partial charge in [-0.3, -0.25) is 0 Å². The van der Waals surface area contributed by atoms with Crippen LogP contribution in [0.15, 0.2) is 54.6 Å². The van der Waals surface area contributed by atoms with Crippen LogP contribution in [0.3, 0.4) is 0 Å². The molecule has 1 atom stereocenters. The molecule has 0 unspecified atom stereocenters. The van der Waals surface area contributed by atoms with E-state index < -0.39 is 0 Å². The van der Waals surface area contributed by atoms with E-state index in [1.165, 1.54) is 0 Å². The first-order valence-corrected chi connectivity index (χ1v) is 5.21. The van der Waals surface area contributed by atoms with Gasteiger partial charge < -0.3 is 5.73 Å². The van der Waals surface area contributed by atoms with E-state index in [2.05, 4.69) is 0 Å². The molecule has 2 heteroatoms. The van der Waals surface area contributed by atoms with Crippen LogP contribution >= 0.6 is 11.6 Å². The molecule has 0 fully saturated rings. The molecule has 2 N–H and O–H groups in total. The maximum absolute atomic E-state index is 6.12. The molecule has 0 spiro atoms. The highest BCUT2D eigenvalue weighted by molar-refractivity contribution is 6.30. The van der Waals surface area contributed by atoms with Crippen LogP contribution in [0.5, 0.6) is 0 Å². The Hall–Kier alpha value is -1.31. The van der Waals surface area contributed by atoms with E-state index in [0.717, 1.165) is 16.1 Å². The van der Waals surface area contributed by atoms with Gasteiger partial charge in [0.1, 0.15) is 0 Å². The summed E-state index contributed by atoms with van der Waals surface area (Å²) in [7, 11) is 0. The lowest BCUT2D eigenvalue weighted by atomic mass is 10.00. The quantitative estimate of drug-likeness (QED) is 0.820. The molecule has 1 nitrogen and oxygen atoms in total. The summed E-state index contributed by atoms with van der Waals surface area (Å²) in [5.41, 5.74) is 8.31.